The topological polar surface area (TPSA) is 40.6 Å². The molecule has 130 valence electrons. The Kier molecular flexibility index (Phi) is 4.82. The molecule has 0 spiro atoms. The molecule has 2 aliphatic heterocycles. The van der Waals surface area contributed by atoms with E-state index in [0.717, 1.165) is 31.6 Å². The quantitative estimate of drug-likeness (QED) is 0.775. The molecule has 1 unspecified atom stereocenters. The summed E-state index contributed by atoms with van der Waals surface area (Å²) in [6, 6.07) is 5.58. The summed E-state index contributed by atoms with van der Waals surface area (Å²) in [6.07, 6.45) is 4.57. The summed E-state index contributed by atoms with van der Waals surface area (Å²) in [5.41, 5.74) is -0.191. The first-order valence-corrected chi connectivity index (χ1v) is 8.60. The second kappa shape index (κ2) is 6.58. The summed E-state index contributed by atoms with van der Waals surface area (Å²) < 4.78 is 31.8. The Morgan fingerprint density at radius 3 is 2.54 bits per heavy atom. The van der Waals surface area contributed by atoms with Gasteiger partial charge in [-0.05, 0) is 65.2 Å². The lowest BCUT2D eigenvalue weighted by atomic mass is 9.87. The van der Waals surface area contributed by atoms with Crippen molar-refractivity contribution >= 4 is 13.2 Å². The second-order valence-corrected chi connectivity index (χ2v) is 7.46. The lowest BCUT2D eigenvalue weighted by Crippen LogP contribution is -2.41. The number of nitrogens with zero attached hydrogens (tertiary/aromatic N) is 1. The third-order valence-electron chi connectivity index (χ3n) is 5.07. The van der Waals surface area contributed by atoms with E-state index in [1.807, 2.05) is 39.8 Å². The average molecular weight is 333 g/mol. The monoisotopic (exact) mass is 333 g/mol. The fourth-order valence-electron chi connectivity index (χ4n) is 2.87. The van der Waals surface area contributed by atoms with Gasteiger partial charge in [-0.1, -0.05) is 6.07 Å². The van der Waals surface area contributed by atoms with E-state index in [1.165, 1.54) is 6.08 Å². The Morgan fingerprint density at radius 1 is 1.21 bits per heavy atom. The maximum Gasteiger partial charge on any atom is 0.525 e. The minimum absolute atomic E-state index is 0.00649. The van der Waals surface area contributed by atoms with Crippen LogP contribution in [-0.4, -0.2) is 29.9 Å². The van der Waals surface area contributed by atoms with Crippen molar-refractivity contribution < 1.29 is 18.4 Å². The third-order valence-corrected chi connectivity index (χ3v) is 5.07. The van der Waals surface area contributed by atoms with Crippen molar-refractivity contribution in [3.8, 4) is 0 Å². The lowest BCUT2D eigenvalue weighted by Gasteiger charge is -2.32. The third kappa shape index (κ3) is 3.56. The zero-order valence-electron chi connectivity index (χ0n) is 14.8. The Balaban J connectivity index is 1.76. The van der Waals surface area contributed by atoms with E-state index in [2.05, 4.69) is 4.98 Å². The molecular formula is C18H25BFNO3. The number of rotatable bonds is 3. The summed E-state index contributed by atoms with van der Waals surface area (Å²) in [5.74, 6) is 0. The van der Waals surface area contributed by atoms with E-state index < -0.39 is 24.0 Å². The number of ether oxygens (including phenoxy) is 1. The minimum atomic E-state index is -0.994. The Labute approximate surface area is 143 Å². The van der Waals surface area contributed by atoms with Crippen LogP contribution in [0, 0.1) is 0 Å². The number of hydrogen-bond acceptors (Lipinski definition) is 4. The first-order chi connectivity index (χ1) is 11.3. The Hall–Kier alpha value is -1.24. The molecule has 1 aromatic rings. The number of halogens is 1. The molecule has 3 heterocycles. The van der Waals surface area contributed by atoms with Crippen molar-refractivity contribution in [2.24, 2.45) is 0 Å². The van der Waals surface area contributed by atoms with E-state index in [4.69, 9.17) is 14.0 Å². The van der Waals surface area contributed by atoms with Crippen molar-refractivity contribution in [3.63, 3.8) is 0 Å². The molecule has 2 saturated heterocycles. The first kappa shape index (κ1) is 17.6. The zero-order chi connectivity index (χ0) is 17.4. The highest BCUT2D eigenvalue weighted by Gasteiger charge is 2.53. The van der Waals surface area contributed by atoms with Gasteiger partial charge in [0.15, 0.2) is 0 Å². The maximum atomic E-state index is 14.6. The van der Waals surface area contributed by atoms with E-state index in [1.54, 1.807) is 6.07 Å². The van der Waals surface area contributed by atoms with Crippen LogP contribution in [0.15, 0.2) is 23.9 Å². The predicted octanol–water partition coefficient (Wildman–Crippen LogP) is 4.27. The first-order valence-electron chi connectivity index (χ1n) is 8.60. The zero-order valence-corrected chi connectivity index (χ0v) is 14.8. The molecule has 2 fully saturated rings. The van der Waals surface area contributed by atoms with Crippen molar-refractivity contribution in [2.75, 3.05) is 6.61 Å². The van der Waals surface area contributed by atoms with E-state index in [9.17, 15) is 4.39 Å². The van der Waals surface area contributed by atoms with Gasteiger partial charge >= 0.3 is 7.12 Å². The highest BCUT2D eigenvalue weighted by atomic mass is 19.1. The van der Waals surface area contributed by atoms with Gasteiger partial charge in [0.2, 0.25) is 0 Å². The molecule has 0 radical (unpaired) electrons. The van der Waals surface area contributed by atoms with Crippen LogP contribution < -0.4 is 0 Å². The molecule has 0 aromatic carbocycles. The largest absolute Gasteiger partial charge is 0.525 e. The maximum absolute atomic E-state index is 14.6. The van der Waals surface area contributed by atoms with Gasteiger partial charge < -0.3 is 14.0 Å². The molecule has 0 N–H and O–H groups in total. The van der Waals surface area contributed by atoms with Gasteiger partial charge in [-0.3, -0.25) is 4.98 Å². The average Bonchev–Trinajstić information content (AvgIpc) is 2.77. The van der Waals surface area contributed by atoms with Crippen molar-refractivity contribution in [1.29, 1.82) is 0 Å². The second-order valence-electron chi connectivity index (χ2n) is 7.46. The molecule has 6 heteroatoms. The van der Waals surface area contributed by atoms with E-state index in [-0.39, 0.29) is 6.10 Å². The number of hydrogen-bond donors (Lipinski definition) is 0. The summed E-state index contributed by atoms with van der Waals surface area (Å²) in [4.78, 5) is 4.53. The fourth-order valence-corrected chi connectivity index (χ4v) is 2.87. The molecule has 24 heavy (non-hydrogen) atoms. The van der Waals surface area contributed by atoms with Gasteiger partial charge in [0.1, 0.15) is 5.73 Å². The van der Waals surface area contributed by atoms with Gasteiger partial charge in [0.25, 0.3) is 0 Å². The van der Waals surface area contributed by atoms with E-state index in [0.29, 0.717) is 5.69 Å². The summed E-state index contributed by atoms with van der Waals surface area (Å²) >= 11 is 0. The number of aromatic nitrogens is 1. The van der Waals surface area contributed by atoms with Crippen LogP contribution in [0.5, 0.6) is 0 Å². The molecule has 2 aliphatic rings. The van der Waals surface area contributed by atoms with Crippen LogP contribution in [0.1, 0.15) is 64.4 Å². The number of pyridine rings is 1. The molecule has 0 saturated carbocycles. The summed E-state index contributed by atoms with van der Waals surface area (Å²) in [7, 11) is -0.994. The highest BCUT2D eigenvalue weighted by molar-refractivity contribution is 6.54. The van der Waals surface area contributed by atoms with Crippen LogP contribution in [-0.2, 0) is 14.0 Å². The smallest absolute Gasteiger partial charge is 0.398 e. The van der Waals surface area contributed by atoms with Gasteiger partial charge in [0.05, 0.1) is 28.7 Å². The molecular weight excluding hydrogens is 308 g/mol. The Morgan fingerprint density at radius 2 is 1.92 bits per heavy atom. The van der Waals surface area contributed by atoms with Gasteiger partial charge in [0, 0.05) is 6.61 Å². The summed E-state index contributed by atoms with van der Waals surface area (Å²) in [5, 5.41) is 0. The van der Waals surface area contributed by atoms with Crippen molar-refractivity contribution in [3.05, 3.63) is 35.3 Å². The summed E-state index contributed by atoms with van der Waals surface area (Å²) in [6.45, 7) is 8.37. The molecule has 0 aliphatic carbocycles. The van der Waals surface area contributed by atoms with Crippen LogP contribution >= 0.6 is 0 Å². The van der Waals surface area contributed by atoms with Gasteiger partial charge in [-0.15, -0.1) is 0 Å². The highest BCUT2D eigenvalue weighted by Crippen LogP contribution is 2.39. The lowest BCUT2D eigenvalue weighted by molar-refractivity contribution is 0.00578. The van der Waals surface area contributed by atoms with Crippen LogP contribution in [0.25, 0.3) is 6.08 Å². The normalized spacial score (nSPS) is 26.6. The predicted molar refractivity (Wildman–Crippen MR) is 91.9 cm³/mol. The minimum Gasteiger partial charge on any atom is -0.398 e. The molecule has 1 aromatic heterocycles. The molecule has 0 amide bonds. The van der Waals surface area contributed by atoms with Gasteiger partial charge in [-0.25, -0.2) is 4.39 Å². The van der Waals surface area contributed by atoms with Gasteiger partial charge in [-0.2, -0.15) is 0 Å². The molecule has 4 nitrogen and oxygen atoms in total. The Bertz CT molecular complexity index is 610. The van der Waals surface area contributed by atoms with Crippen LogP contribution in [0.4, 0.5) is 4.39 Å². The molecule has 1 atom stereocenters. The standard InChI is InChI=1S/C18H25BFNO3/c1-17(2)18(3,4)24-19(23-17)16(20)12-13-8-7-9-14(21-13)15-10-5-6-11-22-15/h7-9,12,15H,5-6,10-11H2,1-4H3. The van der Waals surface area contributed by atoms with Crippen LogP contribution in [0.2, 0.25) is 0 Å². The van der Waals surface area contributed by atoms with Crippen LogP contribution in [0.3, 0.4) is 0 Å². The van der Waals surface area contributed by atoms with Crippen molar-refractivity contribution in [1.82, 2.24) is 4.98 Å². The van der Waals surface area contributed by atoms with E-state index >= 15 is 0 Å². The fraction of sp³-hybridized carbons (Fsp3) is 0.611. The molecule has 0 bridgehead atoms. The SMILES string of the molecule is CC1(C)OB(C(F)=Cc2cccc(C3CCCCO3)n2)OC1(C)C. The van der Waals surface area contributed by atoms with Crippen molar-refractivity contribution in [2.45, 2.75) is 64.3 Å². The molecule has 3 rings (SSSR count).